The van der Waals surface area contributed by atoms with E-state index in [2.05, 4.69) is 19.2 Å². The van der Waals surface area contributed by atoms with Crippen molar-refractivity contribution < 1.29 is 9.84 Å². The number of methoxy groups -OCH3 is 1. The molecule has 1 saturated carbocycles. The molecule has 2 N–H and O–H groups in total. The van der Waals surface area contributed by atoms with Gasteiger partial charge in [0.05, 0.1) is 5.60 Å². The summed E-state index contributed by atoms with van der Waals surface area (Å²) in [5.41, 5.74) is -0.192. The van der Waals surface area contributed by atoms with Crippen LogP contribution in [0.3, 0.4) is 0 Å². The Labute approximate surface area is 99.6 Å². The van der Waals surface area contributed by atoms with Crippen molar-refractivity contribution >= 4 is 0 Å². The average Bonchev–Trinajstić information content (AvgIpc) is 2.62. The third-order valence-corrected chi connectivity index (χ3v) is 3.57. The van der Waals surface area contributed by atoms with Crippen molar-refractivity contribution in [3.05, 3.63) is 0 Å². The molecule has 0 bridgehead atoms. The highest BCUT2D eigenvalue weighted by Crippen LogP contribution is 2.29. The molecule has 96 valence electrons. The molecule has 1 fully saturated rings. The minimum absolute atomic E-state index is 0.241. The molecule has 3 heteroatoms. The Bertz CT molecular complexity index is 198. The second kappa shape index (κ2) is 5.99. The van der Waals surface area contributed by atoms with E-state index in [0.717, 1.165) is 39.0 Å². The van der Waals surface area contributed by atoms with Gasteiger partial charge in [-0.1, -0.05) is 26.7 Å². The Morgan fingerprint density at radius 2 is 1.94 bits per heavy atom. The van der Waals surface area contributed by atoms with Gasteiger partial charge in [-0.05, 0) is 24.7 Å². The van der Waals surface area contributed by atoms with Crippen LogP contribution >= 0.6 is 0 Å². The molecule has 0 radical (unpaired) electrons. The molecule has 0 unspecified atom stereocenters. The zero-order chi connectivity index (χ0) is 12.1. The predicted molar refractivity (Wildman–Crippen MR) is 66.6 cm³/mol. The van der Waals surface area contributed by atoms with E-state index in [1.165, 1.54) is 12.8 Å². The first kappa shape index (κ1) is 13.9. The number of rotatable bonds is 7. The lowest BCUT2D eigenvalue weighted by Gasteiger charge is -2.28. The molecule has 0 heterocycles. The van der Waals surface area contributed by atoms with Crippen LogP contribution in [-0.2, 0) is 4.74 Å². The van der Waals surface area contributed by atoms with Gasteiger partial charge in [-0.3, -0.25) is 0 Å². The van der Waals surface area contributed by atoms with Crippen LogP contribution in [0.25, 0.3) is 0 Å². The Hall–Kier alpha value is -0.120. The van der Waals surface area contributed by atoms with Gasteiger partial charge < -0.3 is 15.2 Å². The standard InChI is InChI=1S/C13H27NO2/c1-12(2,8-9-16-3)10-14-11-13(15)6-4-5-7-13/h14-15H,4-11H2,1-3H3. The van der Waals surface area contributed by atoms with Crippen LogP contribution in [0.1, 0.15) is 46.0 Å². The molecule has 0 amide bonds. The molecule has 0 aliphatic heterocycles. The van der Waals surface area contributed by atoms with E-state index in [-0.39, 0.29) is 5.41 Å². The molecular weight excluding hydrogens is 202 g/mol. The van der Waals surface area contributed by atoms with Gasteiger partial charge in [-0.25, -0.2) is 0 Å². The van der Waals surface area contributed by atoms with E-state index in [0.29, 0.717) is 0 Å². The fourth-order valence-corrected chi connectivity index (χ4v) is 2.31. The van der Waals surface area contributed by atoms with E-state index in [1.807, 2.05) is 0 Å². The summed E-state index contributed by atoms with van der Waals surface area (Å²) in [5.74, 6) is 0. The highest BCUT2D eigenvalue weighted by Gasteiger charge is 2.31. The van der Waals surface area contributed by atoms with Crippen molar-refractivity contribution in [2.45, 2.75) is 51.6 Å². The summed E-state index contributed by atoms with van der Waals surface area (Å²) in [4.78, 5) is 0. The average molecular weight is 229 g/mol. The largest absolute Gasteiger partial charge is 0.389 e. The highest BCUT2D eigenvalue weighted by atomic mass is 16.5. The van der Waals surface area contributed by atoms with Crippen LogP contribution in [-0.4, -0.2) is 37.5 Å². The van der Waals surface area contributed by atoms with Crippen LogP contribution in [0.4, 0.5) is 0 Å². The third kappa shape index (κ3) is 4.81. The first-order valence-electron chi connectivity index (χ1n) is 6.40. The lowest BCUT2D eigenvalue weighted by molar-refractivity contribution is 0.0443. The minimum Gasteiger partial charge on any atom is -0.389 e. The molecule has 0 aromatic rings. The Morgan fingerprint density at radius 3 is 2.50 bits per heavy atom. The second-order valence-electron chi connectivity index (χ2n) is 5.94. The van der Waals surface area contributed by atoms with Crippen molar-refractivity contribution in [2.24, 2.45) is 5.41 Å². The molecule has 16 heavy (non-hydrogen) atoms. The number of hydrogen-bond donors (Lipinski definition) is 2. The van der Waals surface area contributed by atoms with E-state index < -0.39 is 5.60 Å². The van der Waals surface area contributed by atoms with Crippen molar-refractivity contribution in [1.29, 1.82) is 0 Å². The van der Waals surface area contributed by atoms with Crippen molar-refractivity contribution in [1.82, 2.24) is 5.32 Å². The lowest BCUT2D eigenvalue weighted by Crippen LogP contribution is -2.41. The lowest BCUT2D eigenvalue weighted by atomic mass is 9.89. The van der Waals surface area contributed by atoms with Gasteiger partial charge in [-0.2, -0.15) is 0 Å². The summed E-state index contributed by atoms with van der Waals surface area (Å²) in [7, 11) is 1.74. The maximum atomic E-state index is 10.2. The molecule has 1 rings (SSSR count). The smallest absolute Gasteiger partial charge is 0.0771 e. The van der Waals surface area contributed by atoms with Crippen LogP contribution < -0.4 is 5.32 Å². The topological polar surface area (TPSA) is 41.5 Å². The van der Waals surface area contributed by atoms with Gasteiger partial charge in [0.25, 0.3) is 0 Å². The highest BCUT2D eigenvalue weighted by molar-refractivity contribution is 4.87. The van der Waals surface area contributed by atoms with E-state index in [1.54, 1.807) is 7.11 Å². The fraction of sp³-hybridized carbons (Fsp3) is 1.00. The quantitative estimate of drug-likeness (QED) is 0.701. The summed E-state index contributed by atoms with van der Waals surface area (Å²) < 4.78 is 5.10. The van der Waals surface area contributed by atoms with Gasteiger partial charge in [-0.15, -0.1) is 0 Å². The molecular formula is C13H27NO2. The van der Waals surface area contributed by atoms with Gasteiger partial charge in [0.1, 0.15) is 0 Å². The molecule has 0 spiro atoms. The van der Waals surface area contributed by atoms with Crippen LogP contribution in [0.15, 0.2) is 0 Å². The SMILES string of the molecule is COCCC(C)(C)CNCC1(O)CCCC1. The molecule has 0 aromatic carbocycles. The zero-order valence-electron chi connectivity index (χ0n) is 11.0. The maximum absolute atomic E-state index is 10.2. The van der Waals surface area contributed by atoms with Gasteiger partial charge in [0, 0.05) is 26.8 Å². The first-order chi connectivity index (χ1) is 7.47. The monoisotopic (exact) mass is 229 g/mol. The predicted octanol–water partition coefficient (Wildman–Crippen LogP) is 1.94. The Morgan fingerprint density at radius 1 is 1.31 bits per heavy atom. The zero-order valence-corrected chi connectivity index (χ0v) is 11.0. The van der Waals surface area contributed by atoms with Crippen LogP contribution in [0.5, 0.6) is 0 Å². The molecule has 0 aromatic heterocycles. The summed E-state index contributed by atoms with van der Waals surface area (Å²) in [6, 6.07) is 0. The molecule has 1 aliphatic carbocycles. The molecule has 1 aliphatic rings. The van der Waals surface area contributed by atoms with Crippen LogP contribution in [0, 0.1) is 5.41 Å². The van der Waals surface area contributed by atoms with Crippen molar-refractivity contribution in [3.8, 4) is 0 Å². The number of ether oxygens (including phenoxy) is 1. The number of nitrogens with one attached hydrogen (secondary N) is 1. The number of aliphatic hydroxyl groups is 1. The Kier molecular flexibility index (Phi) is 5.22. The first-order valence-corrected chi connectivity index (χ1v) is 6.40. The molecule has 3 nitrogen and oxygen atoms in total. The van der Waals surface area contributed by atoms with E-state index >= 15 is 0 Å². The minimum atomic E-state index is -0.433. The third-order valence-electron chi connectivity index (χ3n) is 3.57. The normalized spacial score (nSPS) is 20.2. The molecule has 0 saturated heterocycles. The van der Waals surface area contributed by atoms with Gasteiger partial charge >= 0.3 is 0 Å². The summed E-state index contributed by atoms with van der Waals surface area (Å²) >= 11 is 0. The number of hydrogen-bond acceptors (Lipinski definition) is 3. The van der Waals surface area contributed by atoms with Crippen molar-refractivity contribution in [2.75, 3.05) is 26.8 Å². The summed E-state index contributed by atoms with van der Waals surface area (Å²) in [5, 5.41) is 13.6. The van der Waals surface area contributed by atoms with Gasteiger partial charge in [0.15, 0.2) is 0 Å². The summed E-state index contributed by atoms with van der Waals surface area (Å²) in [6.07, 6.45) is 5.31. The maximum Gasteiger partial charge on any atom is 0.0771 e. The van der Waals surface area contributed by atoms with Crippen LogP contribution in [0.2, 0.25) is 0 Å². The van der Waals surface area contributed by atoms with Crippen molar-refractivity contribution in [3.63, 3.8) is 0 Å². The van der Waals surface area contributed by atoms with E-state index in [9.17, 15) is 5.11 Å². The van der Waals surface area contributed by atoms with E-state index in [4.69, 9.17) is 4.74 Å². The van der Waals surface area contributed by atoms with Gasteiger partial charge in [0.2, 0.25) is 0 Å². The fourth-order valence-electron chi connectivity index (χ4n) is 2.31. The molecule has 0 atom stereocenters. The second-order valence-corrected chi connectivity index (χ2v) is 5.94. The summed E-state index contributed by atoms with van der Waals surface area (Å²) in [6.45, 7) is 6.95. The Balaban J connectivity index is 2.18.